The predicted molar refractivity (Wildman–Crippen MR) is 92.0 cm³/mol. The van der Waals surface area contributed by atoms with Gasteiger partial charge in [0.05, 0.1) is 0 Å². The summed E-state index contributed by atoms with van der Waals surface area (Å²) in [5, 5.41) is 3.66. The fourth-order valence-corrected chi connectivity index (χ4v) is 2.96. The van der Waals surface area contributed by atoms with Crippen LogP contribution in [0.15, 0.2) is 36.4 Å². The SMILES string of the molecule is CCNC(Cc1ccccc1C)c1cc(C)c(C)cc1C. The van der Waals surface area contributed by atoms with Gasteiger partial charge in [0, 0.05) is 6.04 Å². The Kier molecular flexibility index (Phi) is 5.19. The Morgan fingerprint density at radius 3 is 2.19 bits per heavy atom. The van der Waals surface area contributed by atoms with Crippen LogP contribution < -0.4 is 5.32 Å². The number of hydrogen-bond acceptors (Lipinski definition) is 1. The zero-order valence-corrected chi connectivity index (χ0v) is 14.0. The lowest BCUT2D eigenvalue weighted by molar-refractivity contribution is 0.546. The van der Waals surface area contributed by atoms with Crippen molar-refractivity contribution in [1.29, 1.82) is 0 Å². The third-order valence-electron chi connectivity index (χ3n) is 4.39. The minimum atomic E-state index is 0.385. The maximum absolute atomic E-state index is 3.66. The largest absolute Gasteiger partial charge is 0.310 e. The predicted octanol–water partition coefficient (Wildman–Crippen LogP) is 4.81. The van der Waals surface area contributed by atoms with Crippen molar-refractivity contribution < 1.29 is 0 Å². The van der Waals surface area contributed by atoms with Gasteiger partial charge in [-0.25, -0.2) is 0 Å². The average Bonchev–Trinajstić information content (AvgIpc) is 2.45. The number of hydrogen-bond donors (Lipinski definition) is 1. The zero-order chi connectivity index (χ0) is 15.4. The monoisotopic (exact) mass is 281 g/mol. The highest BCUT2D eigenvalue weighted by Gasteiger charge is 2.15. The van der Waals surface area contributed by atoms with Gasteiger partial charge in [-0.1, -0.05) is 43.3 Å². The molecule has 0 aromatic heterocycles. The highest BCUT2D eigenvalue weighted by Crippen LogP contribution is 2.25. The minimum absolute atomic E-state index is 0.385. The van der Waals surface area contributed by atoms with Crippen molar-refractivity contribution in [2.45, 2.75) is 47.1 Å². The van der Waals surface area contributed by atoms with Crippen molar-refractivity contribution >= 4 is 0 Å². The van der Waals surface area contributed by atoms with Gasteiger partial charge in [0.15, 0.2) is 0 Å². The molecule has 21 heavy (non-hydrogen) atoms. The first kappa shape index (κ1) is 15.8. The van der Waals surface area contributed by atoms with E-state index in [1.54, 1.807) is 0 Å². The quantitative estimate of drug-likeness (QED) is 0.829. The molecule has 0 aliphatic heterocycles. The lowest BCUT2D eigenvalue weighted by Crippen LogP contribution is -2.24. The summed E-state index contributed by atoms with van der Waals surface area (Å²) in [5.41, 5.74) is 8.38. The van der Waals surface area contributed by atoms with Crippen LogP contribution in [0, 0.1) is 27.7 Å². The second-order valence-electron chi connectivity index (χ2n) is 6.03. The highest BCUT2D eigenvalue weighted by atomic mass is 14.9. The molecule has 2 aromatic carbocycles. The Morgan fingerprint density at radius 1 is 0.857 bits per heavy atom. The molecule has 1 N–H and O–H groups in total. The highest BCUT2D eigenvalue weighted by molar-refractivity contribution is 5.39. The van der Waals surface area contributed by atoms with E-state index in [4.69, 9.17) is 0 Å². The molecule has 0 spiro atoms. The van der Waals surface area contributed by atoms with E-state index in [-0.39, 0.29) is 0 Å². The van der Waals surface area contributed by atoms with E-state index in [0.717, 1.165) is 13.0 Å². The van der Waals surface area contributed by atoms with E-state index >= 15 is 0 Å². The minimum Gasteiger partial charge on any atom is -0.310 e. The van der Waals surface area contributed by atoms with Crippen LogP contribution in [0.2, 0.25) is 0 Å². The first-order valence-electron chi connectivity index (χ1n) is 7.88. The molecule has 0 saturated heterocycles. The summed E-state index contributed by atoms with van der Waals surface area (Å²) in [4.78, 5) is 0. The number of rotatable bonds is 5. The van der Waals surface area contributed by atoms with Crippen LogP contribution in [0.1, 0.15) is 46.3 Å². The molecule has 0 saturated carbocycles. The molecule has 112 valence electrons. The zero-order valence-electron chi connectivity index (χ0n) is 14.0. The first-order valence-corrected chi connectivity index (χ1v) is 7.88. The summed E-state index contributed by atoms with van der Waals surface area (Å²) in [7, 11) is 0. The summed E-state index contributed by atoms with van der Waals surface area (Å²) in [6.45, 7) is 12.0. The van der Waals surface area contributed by atoms with Crippen molar-refractivity contribution in [1.82, 2.24) is 5.32 Å². The molecule has 1 unspecified atom stereocenters. The Morgan fingerprint density at radius 2 is 1.52 bits per heavy atom. The molecule has 0 fully saturated rings. The van der Waals surface area contributed by atoms with E-state index in [1.165, 1.54) is 33.4 Å². The molecule has 1 heteroatoms. The third-order valence-corrected chi connectivity index (χ3v) is 4.39. The van der Waals surface area contributed by atoms with E-state index < -0.39 is 0 Å². The molecule has 0 radical (unpaired) electrons. The number of likely N-dealkylation sites (N-methyl/N-ethyl adjacent to an activating group) is 1. The van der Waals surface area contributed by atoms with Crippen LogP contribution in [0.3, 0.4) is 0 Å². The number of nitrogens with one attached hydrogen (secondary N) is 1. The molecular weight excluding hydrogens is 254 g/mol. The Hall–Kier alpha value is -1.60. The fraction of sp³-hybridized carbons (Fsp3) is 0.400. The van der Waals surface area contributed by atoms with Crippen LogP contribution >= 0.6 is 0 Å². The maximum atomic E-state index is 3.66. The second kappa shape index (κ2) is 6.91. The van der Waals surface area contributed by atoms with Crippen molar-refractivity contribution in [3.05, 3.63) is 69.8 Å². The van der Waals surface area contributed by atoms with Crippen LogP contribution in [0.5, 0.6) is 0 Å². The molecule has 0 amide bonds. The summed E-state index contributed by atoms with van der Waals surface area (Å²) in [6, 6.07) is 13.8. The van der Waals surface area contributed by atoms with E-state index in [9.17, 15) is 0 Å². The molecule has 1 nitrogen and oxygen atoms in total. The van der Waals surface area contributed by atoms with Gasteiger partial charge in [0.1, 0.15) is 0 Å². The number of aryl methyl sites for hydroxylation is 4. The summed E-state index contributed by atoms with van der Waals surface area (Å²) < 4.78 is 0. The van der Waals surface area contributed by atoms with Crippen molar-refractivity contribution in [2.75, 3.05) is 6.54 Å². The van der Waals surface area contributed by atoms with Crippen LogP contribution in [-0.4, -0.2) is 6.54 Å². The molecular formula is C20H27N. The normalized spacial score (nSPS) is 12.4. The van der Waals surface area contributed by atoms with Crippen molar-refractivity contribution in [3.63, 3.8) is 0 Å². The maximum Gasteiger partial charge on any atom is 0.0363 e. The first-order chi connectivity index (χ1) is 10.0. The second-order valence-corrected chi connectivity index (χ2v) is 6.03. The van der Waals surface area contributed by atoms with Gasteiger partial charge in [0.2, 0.25) is 0 Å². The van der Waals surface area contributed by atoms with Crippen molar-refractivity contribution in [3.8, 4) is 0 Å². The van der Waals surface area contributed by atoms with Gasteiger partial charge >= 0.3 is 0 Å². The average molecular weight is 281 g/mol. The van der Waals surface area contributed by atoms with Crippen LogP contribution in [-0.2, 0) is 6.42 Å². The summed E-state index contributed by atoms with van der Waals surface area (Å²) >= 11 is 0. The van der Waals surface area contributed by atoms with Gasteiger partial charge in [-0.05, 0) is 74.0 Å². The Bertz CT molecular complexity index is 613. The smallest absolute Gasteiger partial charge is 0.0363 e. The topological polar surface area (TPSA) is 12.0 Å². The Balaban J connectivity index is 2.35. The molecule has 0 aliphatic rings. The molecule has 2 aromatic rings. The number of benzene rings is 2. The van der Waals surface area contributed by atoms with Crippen LogP contribution in [0.25, 0.3) is 0 Å². The molecule has 0 aliphatic carbocycles. The molecule has 0 heterocycles. The van der Waals surface area contributed by atoms with Gasteiger partial charge in [0.25, 0.3) is 0 Å². The van der Waals surface area contributed by atoms with E-state index in [1.807, 2.05) is 0 Å². The van der Waals surface area contributed by atoms with Gasteiger partial charge in [-0.3, -0.25) is 0 Å². The third kappa shape index (κ3) is 3.74. The standard InChI is InChI=1S/C20H27N/c1-6-21-20(13-18-10-8-7-9-14(18)2)19-12-16(4)15(3)11-17(19)5/h7-12,20-21H,6,13H2,1-5H3. The van der Waals surface area contributed by atoms with E-state index in [2.05, 4.69) is 76.3 Å². The van der Waals surface area contributed by atoms with Gasteiger partial charge in [-0.2, -0.15) is 0 Å². The van der Waals surface area contributed by atoms with Crippen molar-refractivity contribution in [2.24, 2.45) is 0 Å². The summed E-state index contributed by atoms with van der Waals surface area (Å²) in [6.07, 6.45) is 1.05. The van der Waals surface area contributed by atoms with E-state index in [0.29, 0.717) is 6.04 Å². The Labute approximate surface area is 129 Å². The fourth-order valence-electron chi connectivity index (χ4n) is 2.96. The molecule has 1 atom stereocenters. The van der Waals surface area contributed by atoms with Crippen LogP contribution in [0.4, 0.5) is 0 Å². The molecule has 2 rings (SSSR count). The van der Waals surface area contributed by atoms with Gasteiger partial charge in [-0.15, -0.1) is 0 Å². The molecule has 0 bridgehead atoms. The lowest BCUT2D eigenvalue weighted by Gasteiger charge is -2.22. The lowest BCUT2D eigenvalue weighted by atomic mass is 9.91. The summed E-state index contributed by atoms with van der Waals surface area (Å²) in [5.74, 6) is 0. The van der Waals surface area contributed by atoms with Gasteiger partial charge < -0.3 is 5.32 Å².